The highest BCUT2D eigenvalue weighted by molar-refractivity contribution is 5.80. The van der Waals surface area contributed by atoms with Crippen molar-refractivity contribution in [3.63, 3.8) is 0 Å². The first kappa shape index (κ1) is 20.7. The standard InChI is InChI=1S/C20H34O2/c1-2-3-4-5-6-7-8-9-10-11-12-13-14-15-16-17-18-19-20(21)22/h9-10,16-19H,2-8,11-15H2,1H3,(H,21,22). The van der Waals surface area contributed by atoms with Crippen LogP contribution in [0.1, 0.15) is 84.0 Å². The van der Waals surface area contributed by atoms with Crippen LogP contribution in [0.5, 0.6) is 0 Å². The second kappa shape index (κ2) is 17.7. The minimum absolute atomic E-state index is 0.891. The zero-order valence-electron chi connectivity index (χ0n) is 14.3. The largest absolute Gasteiger partial charge is 0.478 e. The summed E-state index contributed by atoms with van der Waals surface area (Å²) in [6.45, 7) is 2.26. The van der Waals surface area contributed by atoms with Gasteiger partial charge in [-0.3, -0.25) is 0 Å². The number of hydrogen-bond acceptors (Lipinski definition) is 1. The molecule has 0 bridgehead atoms. The molecule has 0 aliphatic rings. The SMILES string of the molecule is CCCCCCCCC=CCCCCCC=CC=CC(=O)O. The van der Waals surface area contributed by atoms with E-state index in [0.29, 0.717) is 0 Å². The van der Waals surface area contributed by atoms with E-state index in [1.807, 2.05) is 12.2 Å². The van der Waals surface area contributed by atoms with E-state index < -0.39 is 5.97 Å². The first-order valence-electron chi connectivity index (χ1n) is 8.98. The van der Waals surface area contributed by atoms with Gasteiger partial charge in [-0.1, -0.05) is 75.8 Å². The number of rotatable bonds is 15. The third kappa shape index (κ3) is 18.7. The first-order valence-corrected chi connectivity index (χ1v) is 8.98. The highest BCUT2D eigenvalue weighted by Gasteiger charge is 1.89. The number of aliphatic carboxylic acids is 1. The Kier molecular flexibility index (Phi) is 16.7. The number of unbranched alkanes of at least 4 members (excludes halogenated alkanes) is 10. The summed E-state index contributed by atoms with van der Waals surface area (Å²) in [5.41, 5.74) is 0. The summed E-state index contributed by atoms with van der Waals surface area (Å²) in [6.07, 6.45) is 26.7. The summed E-state index contributed by atoms with van der Waals surface area (Å²) in [5, 5.41) is 8.41. The monoisotopic (exact) mass is 306 g/mol. The Morgan fingerprint density at radius 2 is 1.23 bits per heavy atom. The maximum atomic E-state index is 10.2. The van der Waals surface area contributed by atoms with Crippen LogP contribution in [0.25, 0.3) is 0 Å². The molecule has 0 rings (SSSR count). The van der Waals surface area contributed by atoms with Gasteiger partial charge in [0.2, 0.25) is 0 Å². The summed E-state index contributed by atoms with van der Waals surface area (Å²) in [4.78, 5) is 10.2. The molecule has 2 nitrogen and oxygen atoms in total. The van der Waals surface area contributed by atoms with Crippen LogP contribution >= 0.6 is 0 Å². The quantitative estimate of drug-likeness (QED) is 0.163. The average molecular weight is 306 g/mol. The molecule has 0 aromatic heterocycles. The molecule has 0 fully saturated rings. The third-order valence-electron chi connectivity index (χ3n) is 3.62. The van der Waals surface area contributed by atoms with E-state index in [2.05, 4.69) is 19.1 Å². The van der Waals surface area contributed by atoms with Gasteiger partial charge in [0.25, 0.3) is 0 Å². The van der Waals surface area contributed by atoms with Crippen molar-refractivity contribution in [3.05, 3.63) is 36.5 Å². The van der Waals surface area contributed by atoms with Crippen molar-refractivity contribution in [2.24, 2.45) is 0 Å². The van der Waals surface area contributed by atoms with E-state index in [1.54, 1.807) is 6.08 Å². The normalized spacial score (nSPS) is 12.0. The van der Waals surface area contributed by atoms with Gasteiger partial charge >= 0.3 is 5.97 Å². The maximum absolute atomic E-state index is 10.2. The molecule has 22 heavy (non-hydrogen) atoms. The van der Waals surface area contributed by atoms with Gasteiger partial charge in [-0.05, 0) is 38.5 Å². The number of carboxylic acids is 1. The van der Waals surface area contributed by atoms with Gasteiger partial charge in [-0.25, -0.2) is 4.79 Å². The smallest absolute Gasteiger partial charge is 0.328 e. The van der Waals surface area contributed by atoms with Crippen LogP contribution in [0, 0.1) is 0 Å². The van der Waals surface area contributed by atoms with Gasteiger partial charge in [0.15, 0.2) is 0 Å². The van der Waals surface area contributed by atoms with Crippen LogP contribution in [-0.2, 0) is 4.79 Å². The van der Waals surface area contributed by atoms with Gasteiger partial charge < -0.3 is 5.11 Å². The molecule has 0 aromatic carbocycles. The molecule has 0 aliphatic heterocycles. The minimum Gasteiger partial charge on any atom is -0.478 e. The highest BCUT2D eigenvalue weighted by atomic mass is 16.4. The van der Waals surface area contributed by atoms with Crippen LogP contribution in [0.4, 0.5) is 0 Å². The van der Waals surface area contributed by atoms with Crippen LogP contribution in [0.2, 0.25) is 0 Å². The first-order chi connectivity index (χ1) is 10.8. The summed E-state index contributed by atoms with van der Waals surface area (Å²) in [6, 6.07) is 0. The molecule has 2 heteroatoms. The summed E-state index contributed by atoms with van der Waals surface area (Å²) in [7, 11) is 0. The minimum atomic E-state index is -0.891. The molecule has 0 aliphatic carbocycles. The fraction of sp³-hybridized carbons (Fsp3) is 0.650. The molecule has 1 N–H and O–H groups in total. The van der Waals surface area contributed by atoms with Gasteiger partial charge in [0.05, 0.1) is 0 Å². The van der Waals surface area contributed by atoms with E-state index in [9.17, 15) is 4.79 Å². The van der Waals surface area contributed by atoms with Gasteiger partial charge in [-0.15, -0.1) is 0 Å². The molecule has 0 heterocycles. The van der Waals surface area contributed by atoms with E-state index in [4.69, 9.17) is 5.11 Å². The highest BCUT2D eigenvalue weighted by Crippen LogP contribution is 2.08. The van der Waals surface area contributed by atoms with Crippen molar-refractivity contribution < 1.29 is 9.90 Å². The van der Waals surface area contributed by atoms with Crippen LogP contribution in [0.15, 0.2) is 36.5 Å². The molecule has 0 unspecified atom stereocenters. The van der Waals surface area contributed by atoms with Crippen molar-refractivity contribution >= 4 is 5.97 Å². The average Bonchev–Trinajstić information content (AvgIpc) is 2.50. The Bertz CT molecular complexity index is 327. The molecule has 0 aromatic rings. The van der Waals surface area contributed by atoms with Crippen molar-refractivity contribution in [3.8, 4) is 0 Å². The summed E-state index contributed by atoms with van der Waals surface area (Å²) in [5.74, 6) is -0.891. The second-order valence-corrected chi connectivity index (χ2v) is 5.79. The van der Waals surface area contributed by atoms with Crippen molar-refractivity contribution in [2.45, 2.75) is 84.0 Å². The lowest BCUT2D eigenvalue weighted by atomic mass is 10.1. The fourth-order valence-corrected chi connectivity index (χ4v) is 2.29. The Morgan fingerprint density at radius 3 is 1.82 bits per heavy atom. The second-order valence-electron chi connectivity index (χ2n) is 5.79. The molecule has 0 atom stereocenters. The lowest BCUT2D eigenvalue weighted by Crippen LogP contribution is -1.84. The zero-order chi connectivity index (χ0) is 16.3. The van der Waals surface area contributed by atoms with Crippen LogP contribution in [-0.4, -0.2) is 11.1 Å². The third-order valence-corrected chi connectivity index (χ3v) is 3.62. The van der Waals surface area contributed by atoms with Gasteiger partial charge in [-0.2, -0.15) is 0 Å². The summed E-state index contributed by atoms with van der Waals surface area (Å²) < 4.78 is 0. The predicted octanol–water partition coefficient (Wildman–Crippen LogP) is 6.44. The molecule has 0 saturated carbocycles. The molecule has 0 saturated heterocycles. The molecule has 126 valence electrons. The van der Waals surface area contributed by atoms with E-state index in [0.717, 1.165) is 12.5 Å². The molecule has 0 spiro atoms. The topological polar surface area (TPSA) is 37.3 Å². The lowest BCUT2D eigenvalue weighted by Gasteiger charge is -1.98. The number of carbonyl (C=O) groups is 1. The fourth-order valence-electron chi connectivity index (χ4n) is 2.29. The number of carboxylic acid groups (broad SMARTS) is 1. The van der Waals surface area contributed by atoms with Gasteiger partial charge in [0.1, 0.15) is 0 Å². The molecular formula is C20H34O2. The number of allylic oxidation sites excluding steroid dienone is 5. The van der Waals surface area contributed by atoms with Crippen LogP contribution in [0.3, 0.4) is 0 Å². The van der Waals surface area contributed by atoms with E-state index in [1.165, 1.54) is 70.6 Å². The maximum Gasteiger partial charge on any atom is 0.328 e. The Hall–Kier alpha value is -1.31. The van der Waals surface area contributed by atoms with E-state index >= 15 is 0 Å². The lowest BCUT2D eigenvalue weighted by molar-refractivity contribution is -0.131. The van der Waals surface area contributed by atoms with E-state index in [-0.39, 0.29) is 0 Å². The molecule has 0 amide bonds. The van der Waals surface area contributed by atoms with Crippen molar-refractivity contribution in [1.82, 2.24) is 0 Å². The van der Waals surface area contributed by atoms with Crippen molar-refractivity contribution in [1.29, 1.82) is 0 Å². The summed E-state index contributed by atoms with van der Waals surface area (Å²) >= 11 is 0. The Labute approximate surface area is 137 Å². The zero-order valence-corrected chi connectivity index (χ0v) is 14.3. The Morgan fingerprint density at radius 1 is 0.727 bits per heavy atom. The molecule has 0 radical (unpaired) electrons. The Balaban J connectivity index is 3.22. The predicted molar refractivity (Wildman–Crippen MR) is 96.1 cm³/mol. The van der Waals surface area contributed by atoms with Crippen LogP contribution < -0.4 is 0 Å². The van der Waals surface area contributed by atoms with Crippen molar-refractivity contribution in [2.75, 3.05) is 0 Å². The van der Waals surface area contributed by atoms with Gasteiger partial charge in [0, 0.05) is 6.08 Å². The number of hydrogen-bond donors (Lipinski definition) is 1. The molecular weight excluding hydrogens is 272 g/mol.